The molecule has 0 aromatic rings. The molecule has 0 amide bonds. The second kappa shape index (κ2) is 8.69. The molecule has 0 fully saturated rings. The summed E-state index contributed by atoms with van der Waals surface area (Å²) in [5, 5.41) is 0. The molecule has 0 heterocycles. The fourth-order valence-electron chi connectivity index (χ4n) is 1.08. The lowest BCUT2D eigenvalue weighted by molar-refractivity contribution is -0.155. The number of ether oxygens (including phenoxy) is 2. The third kappa shape index (κ3) is 9.35. The summed E-state index contributed by atoms with van der Waals surface area (Å²) in [5.41, 5.74) is -0.591. The summed E-state index contributed by atoms with van der Waals surface area (Å²) in [6.45, 7) is 3.90. The molecule has 6 heteroatoms. The van der Waals surface area contributed by atoms with E-state index in [1.165, 1.54) is 23.5 Å². The highest BCUT2D eigenvalue weighted by atomic mass is 32.2. The highest BCUT2D eigenvalue weighted by molar-refractivity contribution is 7.99. The first-order chi connectivity index (χ1) is 7.91. The van der Waals surface area contributed by atoms with E-state index in [0.717, 1.165) is 0 Å². The molecule has 100 valence electrons. The Morgan fingerprint density at radius 3 is 2.12 bits per heavy atom. The normalized spacial score (nSPS) is 11.1. The lowest BCUT2D eigenvalue weighted by Crippen LogP contribution is -2.31. The number of carbonyl (C=O) groups excluding carboxylic acids is 2. The predicted octanol–water partition coefficient (Wildman–Crippen LogP) is 1.97. The molecule has 0 N–H and O–H groups in total. The van der Waals surface area contributed by atoms with Gasteiger partial charge in [-0.2, -0.15) is 23.5 Å². The Morgan fingerprint density at radius 1 is 1.06 bits per heavy atom. The first-order valence-electron chi connectivity index (χ1n) is 5.26. The van der Waals surface area contributed by atoms with Gasteiger partial charge in [0.2, 0.25) is 0 Å². The van der Waals surface area contributed by atoms with E-state index >= 15 is 0 Å². The van der Waals surface area contributed by atoms with Crippen molar-refractivity contribution in [2.75, 3.05) is 30.6 Å². The molecule has 0 saturated heterocycles. The number of esters is 2. The molecule has 17 heavy (non-hydrogen) atoms. The monoisotopic (exact) mass is 280 g/mol. The van der Waals surface area contributed by atoms with E-state index in [0.29, 0.717) is 17.9 Å². The Bertz CT molecular complexity index is 254. The van der Waals surface area contributed by atoms with Gasteiger partial charge in [0.1, 0.15) is 5.60 Å². The van der Waals surface area contributed by atoms with Crippen LogP contribution < -0.4 is 0 Å². The maximum atomic E-state index is 11.3. The van der Waals surface area contributed by atoms with Crippen molar-refractivity contribution in [3.63, 3.8) is 0 Å². The molecule has 0 aromatic carbocycles. The summed E-state index contributed by atoms with van der Waals surface area (Å²) in [6, 6.07) is 0. The van der Waals surface area contributed by atoms with Crippen LogP contribution in [0.25, 0.3) is 0 Å². The van der Waals surface area contributed by atoms with Gasteiger partial charge in [-0.3, -0.25) is 9.59 Å². The van der Waals surface area contributed by atoms with Gasteiger partial charge < -0.3 is 9.47 Å². The molecule has 0 radical (unpaired) electrons. The molecule has 0 rings (SSSR count). The number of hydrogen-bond acceptors (Lipinski definition) is 6. The zero-order valence-corrected chi connectivity index (χ0v) is 12.4. The maximum absolute atomic E-state index is 11.3. The van der Waals surface area contributed by atoms with Gasteiger partial charge in [0, 0.05) is 6.42 Å². The lowest BCUT2D eigenvalue weighted by atomic mass is 10.1. The first kappa shape index (κ1) is 16.6. The van der Waals surface area contributed by atoms with Crippen LogP contribution in [0, 0.1) is 0 Å². The van der Waals surface area contributed by atoms with Gasteiger partial charge in [0.05, 0.1) is 18.1 Å². The third-order valence-corrected chi connectivity index (χ3v) is 2.93. The quantitative estimate of drug-likeness (QED) is 0.634. The van der Waals surface area contributed by atoms with Gasteiger partial charge in [-0.15, -0.1) is 0 Å². The zero-order valence-electron chi connectivity index (χ0n) is 10.8. The minimum Gasteiger partial charge on any atom is -0.465 e. The van der Waals surface area contributed by atoms with Crippen molar-refractivity contribution in [2.24, 2.45) is 0 Å². The summed E-state index contributed by atoms with van der Waals surface area (Å²) in [7, 11) is 0. The van der Waals surface area contributed by atoms with E-state index in [1.807, 2.05) is 26.4 Å². The van der Waals surface area contributed by atoms with E-state index < -0.39 is 5.60 Å². The Hall–Kier alpha value is -0.360. The fourth-order valence-corrected chi connectivity index (χ4v) is 1.69. The van der Waals surface area contributed by atoms with Gasteiger partial charge in [0.25, 0.3) is 0 Å². The second-order valence-corrected chi connectivity index (χ2v) is 5.80. The van der Waals surface area contributed by atoms with Crippen LogP contribution in [0.4, 0.5) is 0 Å². The van der Waals surface area contributed by atoms with Crippen LogP contribution in [-0.2, 0) is 19.1 Å². The van der Waals surface area contributed by atoms with Gasteiger partial charge in [-0.1, -0.05) is 0 Å². The lowest BCUT2D eigenvalue weighted by Gasteiger charge is -2.24. The highest BCUT2D eigenvalue weighted by Crippen LogP contribution is 2.15. The molecular weight excluding hydrogens is 260 g/mol. The van der Waals surface area contributed by atoms with Crippen molar-refractivity contribution in [3.8, 4) is 0 Å². The number of rotatable bonds is 8. The van der Waals surface area contributed by atoms with Crippen LogP contribution >= 0.6 is 23.5 Å². The van der Waals surface area contributed by atoms with Gasteiger partial charge in [-0.25, -0.2) is 0 Å². The van der Waals surface area contributed by atoms with Crippen molar-refractivity contribution in [3.05, 3.63) is 0 Å². The van der Waals surface area contributed by atoms with Crippen molar-refractivity contribution < 1.29 is 19.1 Å². The van der Waals surface area contributed by atoms with Crippen molar-refractivity contribution in [1.82, 2.24) is 0 Å². The number of carbonyl (C=O) groups is 2. The first-order valence-corrected chi connectivity index (χ1v) is 8.05. The van der Waals surface area contributed by atoms with E-state index in [-0.39, 0.29) is 18.5 Å². The summed E-state index contributed by atoms with van der Waals surface area (Å²) in [4.78, 5) is 22.4. The average Bonchev–Trinajstić information content (AvgIpc) is 2.16. The molecule has 0 unspecified atom stereocenters. The third-order valence-electron chi connectivity index (χ3n) is 1.88. The van der Waals surface area contributed by atoms with Gasteiger partial charge in [-0.05, 0) is 26.4 Å². The molecule has 0 atom stereocenters. The summed E-state index contributed by atoms with van der Waals surface area (Å²) >= 11 is 2.85. The SMILES string of the molecule is CSCC(=O)OCCC(C)(C)OC(=O)CSC. The molecule has 0 aliphatic rings. The van der Waals surface area contributed by atoms with E-state index in [9.17, 15) is 9.59 Å². The minimum atomic E-state index is -0.591. The second-order valence-electron chi connectivity index (χ2n) is 4.07. The fraction of sp³-hybridized carbons (Fsp3) is 0.818. The molecule has 0 aliphatic heterocycles. The van der Waals surface area contributed by atoms with Gasteiger partial charge >= 0.3 is 11.9 Å². The summed E-state index contributed by atoms with van der Waals surface area (Å²) in [5.74, 6) is 0.226. The molecule has 0 aromatic heterocycles. The Morgan fingerprint density at radius 2 is 1.59 bits per heavy atom. The Balaban J connectivity index is 3.84. The van der Waals surface area contributed by atoms with Gasteiger partial charge in [0.15, 0.2) is 0 Å². The van der Waals surface area contributed by atoms with Crippen LogP contribution in [-0.4, -0.2) is 48.2 Å². The summed E-state index contributed by atoms with van der Waals surface area (Å²) < 4.78 is 10.3. The van der Waals surface area contributed by atoms with E-state index in [2.05, 4.69) is 0 Å². The van der Waals surface area contributed by atoms with Crippen LogP contribution in [0.15, 0.2) is 0 Å². The Kier molecular flexibility index (Phi) is 8.51. The van der Waals surface area contributed by atoms with E-state index in [1.54, 1.807) is 0 Å². The largest absolute Gasteiger partial charge is 0.465 e. The number of thioether (sulfide) groups is 2. The van der Waals surface area contributed by atoms with Crippen molar-refractivity contribution >= 4 is 35.5 Å². The topological polar surface area (TPSA) is 52.6 Å². The van der Waals surface area contributed by atoms with E-state index in [4.69, 9.17) is 9.47 Å². The Labute approximate surface area is 111 Å². The van der Waals surface area contributed by atoms with Crippen LogP contribution in [0.3, 0.4) is 0 Å². The van der Waals surface area contributed by atoms with Crippen LogP contribution in [0.5, 0.6) is 0 Å². The molecule has 0 saturated carbocycles. The number of hydrogen-bond donors (Lipinski definition) is 0. The zero-order chi connectivity index (χ0) is 13.3. The maximum Gasteiger partial charge on any atom is 0.316 e. The summed E-state index contributed by atoms with van der Waals surface area (Å²) in [6.07, 6.45) is 4.20. The van der Waals surface area contributed by atoms with Crippen molar-refractivity contribution in [2.45, 2.75) is 25.9 Å². The standard InChI is InChI=1S/C11H20O4S2/c1-11(2,15-10(13)8-17-4)5-6-14-9(12)7-16-3/h5-8H2,1-4H3. The van der Waals surface area contributed by atoms with Crippen LogP contribution in [0.1, 0.15) is 20.3 Å². The molecule has 0 bridgehead atoms. The van der Waals surface area contributed by atoms with Crippen molar-refractivity contribution in [1.29, 1.82) is 0 Å². The predicted molar refractivity (Wildman–Crippen MR) is 72.5 cm³/mol. The molecule has 4 nitrogen and oxygen atoms in total. The molecular formula is C11H20O4S2. The smallest absolute Gasteiger partial charge is 0.316 e. The highest BCUT2D eigenvalue weighted by Gasteiger charge is 2.23. The minimum absolute atomic E-state index is 0.233. The van der Waals surface area contributed by atoms with Crippen LogP contribution in [0.2, 0.25) is 0 Å². The molecule has 0 aliphatic carbocycles. The average molecular weight is 280 g/mol. The molecule has 0 spiro atoms.